The van der Waals surface area contributed by atoms with E-state index < -0.39 is 0 Å². The lowest BCUT2D eigenvalue weighted by molar-refractivity contribution is 0.122. The third-order valence-electron chi connectivity index (χ3n) is 3.80. The van der Waals surface area contributed by atoms with E-state index in [4.69, 9.17) is 4.74 Å². The molecule has 1 aliphatic rings. The van der Waals surface area contributed by atoms with Gasteiger partial charge in [0.25, 0.3) is 5.56 Å². The third kappa shape index (κ3) is 2.30. The molecule has 0 spiro atoms. The molecular weight excluding hydrogens is 298 g/mol. The first-order chi connectivity index (χ1) is 10.8. The number of morpholine rings is 1. The summed E-state index contributed by atoms with van der Waals surface area (Å²) >= 11 is 1.50. The van der Waals surface area contributed by atoms with Crippen molar-refractivity contribution >= 4 is 22.1 Å². The fraction of sp³-hybridized carbons (Fsp3) is 0.250. The zero-order valence-electron chi connectivity index (χ0n) is 11.9. The van der Waals surface area contributed by atoms with Crippen LogP contribution >= 0.6 is 11.3 Å². The van der Waals surface area contributed by atoms with E-state index in [1.54, 1.807) is 10.5 Å². The Balaban J connectivity index is 1.82. The van der Waals surface area contributed by atoms with Crippen molar-refractivity contribution in [3.05, 3.63) is 52.1 Å². The summed E-state index contributed by atoms with van der Waals surface area (Å²) in [7, 11) is 0. The van der Waals surface area contributed by atoms with Gasteiger partial charge in [0.2, 0.25) is 0 Å². The number of fused-ring (bicyclic) bond motifs is 1. The van der Waals surface area contributed by atoms with Crippen molar-refractivity contribution in [3.63, 3.8) is 0 Å². The van der Waals surface area contributed by atoms with Crippen molar-refractivity contribution < 1.29 is 4.74 Å². The van der Waals surface area contributed by atoms with Gasteiger partial charge in [-0.25, -0.2) is 4.98 Å². The Kier molecular flexibility index (Phi) is 3.40. The van der Waals surface area contributed by atoms with Crippen LogP contribution in [-0.4, -0.2) is 35.7 Å². The number of hydrogen-bond donors (Lipinski definition) is 0. The van der Waals surface area contributed by atoms with Gasteiger partial charge in [0.1, 0.15) is 5.82 Å². The maximum absolute atomic E-state index is 12.6. The highest BCUT2D eigenvalue weighted by atomic mass is 32.1. The van der Waals surface area contributed by atoms with Gasteiger partial charge in [-0.2, -0.15) is 0 Å². The molecule has 0 saturated carbocycles. The van der Waals surface area contributed by atoms with Crippen molar-refractivity contribution in [2.45, 2.75) is 0 Å². The van der Waals surface area contributed by atoms with Gasteiger partial charge in [0.05, 0.1) is 18.9 Å². The molecule has 1 aromatic carbocycles. The van der Waals surface area contributed by atoms with Crippen LogP contribution in [0.1, 0.15) is 0 Å². The van der Waals surface area contributed by atoms with Gasteiger partial charge in [-0.1, -0.05) is 30.3 Å². The average Bonchev–Trinajstić information content (AvgIpc) is 3.01. The molecule has 1 aliphatic heterocycles. The molecule has 3 aromatic rings. The summed E-state index contributed by atoms with van der Waals surface area (Å²) < 4.78 is 7.04. The minimum absolute atomic E-state index is 0.0356. The van der Waals surface area contributed by atoms with E-state index in [2.05, 4.69) is 9.88 Å². The lowest BCUT2D eigenvalue weighted by atomic mass is 10.2. The molecular formula is C16H15N3O2S. The van der Waals surface area contributed by atoms with Gasteiger partial charge in [-0.15, -0.1) is 11.3 Å². The van der Waals surface area contributed by atoms with Crippen molar-refractivity contribution in [2.24, 2.45) is 0 Å². The molecule has 5 nitrogen and oxygen atoms in total. The molecule has 4 rings (SSSR count). The lowest BCUT2D eigenvalue weighted by Crippen LogP contribution is -2.37. The minimum Gasteiger partial charge on any atom is -0.378 e. The maximum atomic E-state index is 12.6. The monoisotopic (exact) mass is 313 g/mol. The molecule has 3 heterocycles. The fourth-order valence-corrected chi connectivity index (χ4v) is 3.57. The van der Waals surface area contributed by atoms with Crippen molar-refractivity contribution in [2.75, 3.05) is 31.2 Å². The summed E-state index contributed by atoms with van der Waals surface area (Å²) in [6.45, 7) is 2.92. The standard InChI is InChI=1S/C16H15N3O2S/c20-15-10-14(18-6-8-21-9-7-18)17-16-19(15)13(11-22-16)12-4-2-1-3-5-12/h1-5,10-11H,6-9H2. The number of hydrogen-bond acceptors (Lipinski definition) is 5. The Labute approximate surface area is 131 Å². The quantitative estimate of drug-likeness (QED) is 0.728. The first-order valence-corrected chi connectivity index (χ1v) is 8.10. The first-order valence-electron chi connectivity index (χ1n) is 7.22. The number of benzene rings is 1. The molecule has 22 heavy (non-hydrogen) atoms. The molecule has 0 N–H and O–H groups in total. The first kappa shape index (κ1) is 13.5. The van der Waals surface area contributed by atoms with Gasteiger partial charge in [0.15, 0.2) is 4.96 Å². The van der Waals surface area contributed by atoms with Crippen LogP contribution in [-0.2, 0) is 4.74 Å². The van der Waals surface area contributed by atoms with E-state index in [-0.39, 0.29) is 5.56 Å². The highest BCUT2D eigenvalue weighted by Crippen LogP contribution is 2.25. The van der Waals surface area contributed by atoms with Crippen LogP contribution in [0.25, 0.3) is 16.2 Å². The number of thiazole rings is 1. The smallest absolute Gasteiger partial charge is 0.261 e. The average molecular weight is 313 g/mol. The molecule has 0 amide bonds. The number of rotatable bonds is 2. The number of ether oxygens (including phenoxy) is 1. The van der Waals surface area contributed by atoms with Crippen LogP contribution in [0.5, 0.6) is 0 Å². The predicted octanol–water partition coefficient (Wildman–Crippen LogP) is 2.26. The maximum Gasteiger partial charge on any atom is 0.261 e. The highest BCUT2D eigenvalue weighted by molar-refractivity contribution is 7.15. The van der Waals surface area contributed by atoms with E-state index in [0.717, 1.165) is 35.1 Å². The van der Waals surface area contributed by atoms with Crippen molar-refractivity contribution in [1.29, 1.82) is 0 Å². The summed E-state index contributed by atoms with van der Waals surface area (Å²) in [5.41, 5.74) is 1.88. The Hall–Kier alpha value is -2.18. The fourth-order valence-electron chi connectivity index (χ4n) is 2.67. The Bertz CT molecular complexity index is 851. The van der Waals surface area contributed by atoms with Crippen LogP contribution in [0.15, 0.2) is 46.6 Å². The lowest BCUT2D eigenvalue weighted by Gasteiger charge is -2.27. The summed E-state index contributed by atoms with van der Waals surface area (Å²) in [5, 5.41) is 1.99. The number of anilines is 1. The topological polar surface area (TPSA) is 46.8 Å². The molecule has 1 fully saturated rings. The molecule has 2 aromatic heterocycles. The number of nitrogens with zero attached hydrogens (tertiary/aromatic N) is 3. The molecule has 112 valence electrons. The van der Waals surface area contributed by atoms with E-state index in [1.807, 2.05) is 35.7 Å². The second kappa shape index (κ2) is 5.55. The van der Waals surface area contributed by atoms with Crippen LogP contribution in [0.2, 0.25) is 0 Å². The highest BCUT2D eigenvalue weighted by Gasteiger charge is 2.16. The molecule has 0 radical (unpaired) electrons. The Morgan fingerprint density at radius 1 is 1.14 bits per heavy atom. The number of aromatic nitrogens is 2. The van der Waals surface area contributed by atoms with E-state index in [1.165, 1.54) is 11.3 Å². The summed E-state index contributed by atoms with van der Waals surface area (Å²) in [4.78, 5) is 20.1. The SMILES string of the molecule is O=c1cc(N2CCOCC2)nc2scc(-c3ccccc3)n12. The van der Waals surface area contributed by atoms with Gasteiger partial charge in [0, 0.05) is 24.5 Å². The van der Waals surface area contributed by atoms with Gasteiger partial charge in [-0.3, -0.25) is 9.20 Å². The zero-order valence-corrected chi connectivity index (χ0v) is 12.8. The summed E-state index contributed by atoms with van der Waals surface area (Å²) in [5.74, 6) is 0.745. The normalized spacial score (nSPS) is 15.4. The zero-order chi connectivity index (χ0) is 14.9. The largest absolute Gasteiger partial charge is 0.378 e. The summed E-state index contributed by atoms with van der Waals surface area (Å²) in [6, 6.07) is 11.5. The molecule has 1 saturated heterocycles. The Morgan fingerprint density at radius 3 is 2.68 bits per heavy atom. The molecule has 6 heteroatoms. The van der Waals surface area contributed by atoms with Crippen LogP contribution in [0.3, 0.4) is 0 Å². The minimum atomic E-state index is -0.0356. The molecule has 0 aliphatic carbocycles. The van der Waals surface area contributed by atoms with E-state index in [0.29, 0.717) is 13.2 Å². The molecule has 0 atom stereocenters. The van der Waals surface area contributed by atoms with Crippen LogP contribution in [0, 0.1) is 0 Å². The summed E-state index contributed by atoms with van der Waals surface area (Å²) in [6.07, 6.45) is 0. The second-order valence-electron chi connectivity index (χ2n) is 5.16. The second-order valence-corrected chi connectivity index (χ2v) is 5.99. The van der Waals surface area contributed by atoms with Gasteiger partial charge < -0.3 is 9.64 Å². The van der Waals surface area contributed by atoms with Crippen molar-refractivity contribution in [3.8, 4) is 11.3 Å². The molecule has 0 bridgehead atoms. The van der Waals surface area contributed by atoms with Crippen LogP contribution < -0.4 is 10.5 Å². The van der Waals surface area contributed by atoms with Gasteiger partial charge in [-0.05, 0) is 5.56 Å². The van der Waals surface area contributed by atoms with E-state index in [9.17, 15) is 4.79 Å². The van der Waals surface area contributed by atoms with Gasteiger partial charge >= 0.3 is 0 Å². The predicted molar refractivity (Wildman–Crippen MR) is 87.8 cm³/mol. The van der Waals surface area contributed by atoms with Crippen molar-refractivity contribution in [1.82, 2.24) is 9.38 Å². The van der Waals surface area contributed by atoms with E-state index >= 15 is 0 Å². The Morgan fingerprint density at radius 2 is 1.91 bits per heavy atom. The third-order valence-corrected chi connectivity index (χ3v) is 4.62. The molecule has 0 unspecified atom stereocenters. The van der Waals surface area contributed by atoms with Crippen LogP contribution in [0.4, 0.5) is 5.82 Å².